The molecule has 0 amide bonds. The maximum absolute atomic E-state index is 10.8. The number of aliphatic hydroxyl groups is 1. The minimum absolute atomic E-state index is 0.264. The van der Waals surface area contributed by atoms with Crippen LogP contribution in [-0.2, 0) is 10.3 Å². The van der Waals surface area contributed by atoms with Gasteiger partial charge in [0.25, 0.3) is 0 Å². The lowest BCUT2D eigenvalue weighted by Gasteiger charge is -2.31. The Hall–Kier alpha value is -2.38. The van der Waals surface area contributed by atoms with E-state index >= 15 is 0 Å². The lowest BCUT2D eigenvalue weighted by molar-refractivity contribution is -0.0705. The number of halogens is 2. The van der Waals surface area contributed by atoms with Gasteiger partial charge in [0.15, 0.2) is 11.6 Å². The van der Waals surface area contributed by atoms with Gasteiger partial charge in [0, 0.05) is 65.2 Å². The maximum atomic E-state index is 10.8. The number of rotatable bonds is 5. The number of nitrogens with two attached hydrogens (primary N) is 1. The van der Waals surface area contributed by atoms with Gasteiger partial charge in [-0.3, -0.25) is 4.98 Å². The molecule has 2 aromatic heterocycles. The zero-order valence-corrected chi connectivity index (χ0v) is 18.5. The Bertz CT molecular complexity index is 1050. The van der Waals surface area contributed by atoms with Gasteiger partial charge in [0.05, 0.1) is 5.69 Å². The van der Waals surface area contributed by atoms with E-state index in [2.05, 4.69) is 9.97 Å². The number of nitrogens with zero attached hydrogens (tertiary/aromatic N) is 2. The second kappa shape index (κ2) is 9.01. The molecule has 4 rings (SSSR count). The van der Waals surface area contributed by atoms with Crippen LogP contribution in [0.15, 0.2) is 48.8 Å². The number of benzene rings is 1. The zero-order chi connectivity index (χ0) is 22.0. The summed E-state index contributed by atoms with van der Waals surface area (Å²) in [5.74, 6) is 0.688. The van der Waals surface area contributed by atoms with Gasteiger partial charge in [-0.25, -0.2) is 4.98 Å². The van der Waals surface area contributed by atoms with Crippen molar-refractivity contribution < 1.29 is 14.6 Å². The van der Waals surface area contributed by atoms with Crippen molar-refractivity contribution in [3.63, 3.8) is 0 Å². The molecule has 0 saturated carbocycles. The number of hydrogen-bond donors (Lipinski definition) is 2. The Labute approximate surface area is 191 Å². The van der Waals surface area contributed by atoms with E-state index < -0.39 is 11.7 Å². The maximum Gasteiger partial charge on any atom is 0.166 e. The molecule has 1 aliphatic heterocycles. The van der Waals surface area contributed by atoms with Gasteiger partial charge in [-0.1, -0.05) is 35.3 Å². The Balaban J connectivity index is 1.58. The largest absolute Gasteiger partial charge is 0.482 e. The van der Waals surface area contributed by atoms with E-state index in [1.54, 1.807) is 30.6 Å². The van der Waals surface area contributed by atoms with Gasteiger partial charge < -0.3 is 20.3 Å². The van der Waals surface area contributed by atoms with Crippen molar-refractivity contribution in [2.75, 3.05) is 18.9 Å². The molecule has 1 unspecified atom stereocenters. The van der Waals surface area contributed by atoms with Crippen molar-refractivity contribution in [3.05, 3.63) is 70.1 Å². The predicted octanol–water partition coefficient (Wildman–Crippen LogP) is 5.17. The van der Waals surface area contributed by atoms with Crippen LogP contribution in [0, 0.1) is 0 Å². The fourth-order valence-corrected chi connectivity index (χ4v) is 4.37. The lowest BCUT2D eigenvalue weighted by Crippen LogP contribution is -2.34. The minimum atomic E-state index is -0.950. The molecule has 8 heteroatoms. The van der Waals surface area contributed by atoms with E-state index in [0.29, 0.717) is 53.1 Å². The molecule has 3 aromatic rings. The standard InChI is InChI=1S/C23H23Cl2N3O3/c1-14(21-17(24)3-2-4-18(21)25)31-19-11-16(13-28-22(19)26)15-5-6-20(27-12-15)23(29)7-9-30-10-8-23/h2-6,11-14,29H,7-10H2,1H3,(H2,26,28). The number of aromatic nitrogens is 2. The van der Waals surface area contributed by atoms with Crippen LogP contribution in [-0.4, -0.2) is 28.3 Å². The third-order valence-corrected chi connectivity index (χ3v) is 6.14. The molecule has 1 saturated heterocycles. The molecule has 0 aliphatic carbocycles. The van der Waals surface area contributed by atoms with Crippen LogP contribution in [0.5, 0.6) is 5.75 Å². The van der Waals surface area contributed by atoms with Crippen molar-refractivity contribution in [3.8, 4) is 16.9 Å². The highest BCUT2D eigenvalue weighted by molar-refractivity contribution is 6.36. The fourth-order valence-electron chi connectivity index (χ4n) is 3.66. The molecule has 1 atom stereocenters. The van der Waals surface area contributed by atoms with Crippen LogP contribution in [0.25, 0.3) is 11.1 Å². The summed E-state index contributed by atoms with van der Waals surface area (Å²) in [6, 6.07) is 10.9. The van der Waals surface area contributed by atoms with E-state index in [0.717, 1.165) is 11.1 Å². The molecule has 6 nitrogen and oxygen atoms in total. The first-order chi connectivity index (χ1) is 14.9. The molecule has 0 radical (unpaired) electrons. The second-order valence-corrected chi connectivity index (χ2v) is 8.39. The number of pyridine rings is 2. The first-order valence-electron chi connectivity index (χ1n) is 10.0. The molecule has 162 valence electrons. The van der Waals surface area contributed by atoms with Gasteiger partial charge in [-0.15, -0.1) is 0 Å². The van der Waals surface area contributed by atoms with Gasteiger partial charge in [0.2, 0.25) is 0 Å². The van der Waals surface area contributed by atoms with Gasteiger partial charge in [0.1, 0.15) is 11.7 Å². The molecule has 31 heavy (non-hydrogen) atoms. The molecular formula is C23H23Cl2N3O3. The monoisotopic (exact) mass is 459 g/mol. The van der Waals surface area contributed by atoms with E-state index in [4.69, 9.17) is 38.4 Å². The third kappa shape index (κ3) is 4.62. The van der Waals surface area contributed by atoms with Crippen LogP contribution >= 0.6 is 23.2 Å². The molecule has 0 spiro atoms. The Morgan fingerprint density at radius 1 is 1.06 bits per heavy atom. The lowest BCUT2D eigenvalue weighted by atomic mass is 9.90. The van der Waals surface area contributed by atoms with E-state index in [1.165, 1.54) is 0 Å². The summed E-state index contributed by atoms with van der Waals surface area (Å²) in [6.07, 6.45) is 4.01. The summed E-state index contributed by atoms with van der Waals surface area (Å²) >= 11 is 12.6. The molecule has 1 aliphatic rings. The van der Waals surface area contributed by atoms with E-state index in [-0.39, 0.29) is 5.82 Å². The first kappa shape index (κ1) is 21.8. The van der Waals surface area contributed by atoms with Crippen LogP contribution in [0.4, 0.5) is 5.82 Å². The summed E-state index contributed by atoms with van der Waals surface area (Å²) in [6.45, 7) is 2.90. The Morgan fingerprint density at radius 2 is 1.74 bits per heavy atom. The van der Waals surface area contributed by atoms with Crippen molar-refractivity contribution in [2.24, 2.45) is 0 Å². The van der Waals surface area contributed by atoms with Crippen molar-refractivity contribution in [1.29, 1.82) is 0 Å². The minimum Gasteiger partial charge on any atom is -0.482 e. The molecular weight excluding hydrogens is 437 g/mol. The van der Waals surface area contributed by atoms with Crippen LogP contribution in [0.3, 0.4) is 0 Å². The first-order valence-corrected chi connectivity index (χ1v) is 10.8. The summed E-state index contributed by atoms with van der Waals surface area (Å²) < 4.78 is 11.4. The van der Waals surface area contributed by atoms with Crippen molar-refractivity contribution >= 4 is 29.0 Å². The third-order valence-electron chi connectivity index (χ3n) is 5.49. The average Bonchev–Trinajstić information content (AvgIpc) is 2.76. The van der Waals surface area contributed by atoms with Crippen molar-refractivity contribution in [1.82, 2.24) is 9.97 Å². The van der Waals surface area contributed by atoms with E-state index in [1.807, 2.05) is 25.1 Å². The molecule has 3 N–H and O–H groups in total. The predicted molar refractivity (Wildman–Crippen MR) is 121 cm³/mol. The number of anilines is 1. The summed E-state index contributed by atoms with van der Waals surface area (Å²) in [5, 5.41) is 11.9. The quantitative estimate of drug-likeness (QED) is 0.546. The smallest absolute Gasteiger partial charge is 0.166 e. The average molecular weight is 460 g/mol. The van der Waals surface area contributed by atoms with Gasteiger partial charge in [-0.05, 0) is 31.2 Å². The summed E-state index contributed by atoms with van der Waals surface area (Å²) in [5.41, 5.74) is 8.05. The molecule has 1 fully saturated rings. The van der Waals surface area contributed by atoms with Crippen molar-refractivity contribution in [2.45, 2.75) is 31.5 Å². The highest BCUT2D eigenvalue weighted by Gasteiger charge is 2.33. The fraction of sp³-hybridized carbons (Fsp3) is 0.304. The Morgan fingerprint density at radius 3 is 2.39 bits per heavy atom. The zero-order valence-electron chi connectivity index (χ0n) is 17.0. The SMILES string of the molecule is CC(Oc1cc(-c2ccc(C3(O)CCOCC3)nc2)cnc1N)c1c(Cl)cccc1Cl. The summed E-state index contributed by atoms with van der Waals surface area (Å²) in [4.78, 5) is 8.76. The highest BCUT2D eigenvalue weighted by atomic mass is 35.5. The number of nitrogen functional groups attached to an aromatic ring is 1. The van der Waals surface area contributed by atoms with Gasteiger partial charge in [-0.2, -0.15) is 0 Å². The molecule has 0 bridgehead atoms. The van der Waals surface area contributed by atoms with Crippen LogP contribution in [0.2, 0.25) is 10.0 Å². The van der Waals surface area contributed by atoms with Crippen LogP contribution < -0.4 is 10.5 Å². The highest BCUT2D eigenvalue weighted by Crippen LogP contribution is 2.36. The second-order valence-electron chi connectivity index (χ2n) is 7.58. The normalized spacial score (nSPS) is 16.6. The number of ether oxygens (including phenoxy) is 2. The topological polar surface area (TPSA) is 90.5 Å². The number of hydrogen-bond acceptors (Lipinski definition) is 6. The molecule has 3 heterocycles. The molecule has 1 aromatic carbocycles. The van der Waals surface area contributed by atoms with Crippen LogP contribution in [0.1, 0.15) is 37.1 Å². The Kier molecular flexibility index (Phi) is 6.34. The summed E-state index contributed by atoms with van der Waals surface area (Å²) in [7, 11) is 0. The van der Waals surface area contributed by atoms with Gasteiger partial charge >= 0.3 is 0 Å². The van der Waals surface area contributed by atoms with E-state index in [9.17, 15) is 5.11 Å².